The predicted molar refractivity (Wildman–Crippen MR) is 86.5 cm³/mol. The Morgan fingerprint density at radius 1 is 1.43 bits per heavy atom. The van der Waals surface area contributed by atoms with Crippen LogP contribution in [-0.4, -0.2) is 17.0 Å². The molecule has 7 heteroatoms. The van der Waals surface area contributed by atoms with Crippen molar-refractivity contribution in [1.82, 2.24) is 4.98 Å². The molecule has 0 radical (unpaired) electrons. The highest BCUT2D eigenvalue weighted by atomic mass is 79.9. The minimum Gasteiger partial charge on any atom is -0.479 e. The number of rotatable bonds is 4. The van der Waals surface area contributed by atoms with Gasteiger partial charge in [0.15, 0.2) is 6.10 Å². The van der Waals surface area contributed by atoms with Gasteiger partial charge in [0.1, 0.15) is 5.75 Å². The first-order valence-electron chi connectivity index (χ1n) is 6.09. The summed E-state index contributed by atoms with van der Waals surface area (Å²) in [7, 11) is 0. The first-order valence-corrected chi connectivity index (χ1v) is 7.26. The lowest BCUT2D eigenvalue weighted by Crippen LogP contribution is -2.30. The van der Waals surface area contributed by atoms with E-state index in [1.54, 1.807) is 37.4 Å². The van der Waals surface area contributed by atoms with Crippen molar-refractivity contribution in [2.75, 3.05) is 11.1 Å². The number of nitrogens with zero attached hydrogens (tertiary/aromatic N) is 1. The van der Waals surface area contributed by atoms with Gasteiger partial charge >= 0.3 is 0 Å². The first-order chi connectivity index (χ1) is 9.95. The van der Waals surface area contributed by atoms with Crippen molar-refractivity contribution in [2.45, 2.75) is 13.0 Å². The molecule has 1 heterocycles. The summed E-state index contributed by atoms with van der Waals surface area (Å²) in [6, 6.07) is 6.59. The number of aromatic nitrogens is 1. The zero-order valence-corrected chi connectivity index (χ0v) is 13.5. The van der Waals surface area contributed by atoms with Crippen LogP contribution in [0.1, 0.15) is 6.92 Å². The van der Waals surface area contributed by atoms with Crippen LogP contribution in [0.25, 0.3) is 0 Å². The summed E-state index contributed by atoms with van der Waals surface area (Å²) < 4.78 is 6.29. The second-order valence-electron chi connectivity index (χ2n) is 4.32. The third-order valence-electron chi connectivity index (χ3n) is 2.63. The van der Waals surface area contributed by atoms with Gasteiger partial charge in [-0.25, -0.2) is 0 Å². The van der Waals surface area contributed by atoms with E-state index >= 15 is 0 Å². The monoisotopic (exact) mass is 369 g/mol. The molecule has 0 saturated carbocycles. The molecule has 21 heavy (non-hydrogen) atoms. The number of carbonyl (C=O) groups excluding carboxylic acids is 1. The van der Waals surface area contributed by atoms with Crippen molar-refractivity contribution in [3.8, 4) is 5.75 Å². The second-order valence-corrected chi connectivity index (χ2v) is 5.67. The van der Waals surface area contributed by atoms with E-state index in [0.717, 1.165) is 4.47 Å². The molecule has 0 saturated heterocycles. The maximum absolute atomic E-state index is 12.1. The molecule has 1 unspecified atom stereocenters. The summed E-state index contributed by atoms with van der Waals surface area (Å²) >= 11 is 9.10. The highest BCUT2D eigenvalue weighted by Gasteiger charge is 2.16. The average molecular weight is 371 g/mol. The second kappa shape index (κ2) is 6.78. The van der Waals surface area contributed by atoms with Crippen molar-refractivity contribution in [3.05, 3.63) is 46.2 Å². The Morgan fingerprint density at radius 3 is 2.86 bits per heavy atom. The number of halogens is 2. The normalized spacial score (nSPS) is 11.8. The van der Waals surface area contributed by atoms with Crippen LogP contribution in [0.3, 0.4) is 0 Å². The van der Waals surface area contributed by atoms with Gasteiger partial charge in [-0.1, -0.05) is 11.6 Å². The summed E-state index contributed by atoms with van der Waals surface area (Å²) in [6.45, 7) is 1.64. The van der Waals surface area contributed by atoms with E-state index in [9.17, 15) is 4.79 Å². The number of nitrogen functional groups attached to an aromatic ring is 1. The third-order valence-corrected chi connectivity index (χ3v) is 3.30. The molecular weight excluding hydrogens is 358 g/mol. The minimum absolute atomic E-state index is 0.316. The van der Waals surface area contributed by atoms with Gasteiger partial charge in [0.25, 0.3) is 5.91 Å². The highest BCUT2D eigenvalue weighted by Crippen LogP contribution is 2.23. The van der Waals surface area contributed by atoms with Crippen LogP contribution in [-0.2, 0) is 4.79 Å². The number of pyridine rings is 1. The van der Waals surface area contributed by atoms with Gasteiger partial charge in [-0.3, -0.25) is 9.78 Å². The van der Waals surface area contributed by atoms with Gasteiger partial charge in [-0.05, 0) is 47.1 Å². The number of hydrogen-bond donors (Lipinski definition) is 2. The molecular formula is C14H13BrClN3O2. The molecule has 5 nitrogen and oxygen atoms in total. The molecule has 0 aliphatic carbocycles. The van der Waals surface area contributed by atoms with Crippen LogP contribution in [0, 0.1) is 0 Å². The number of carbonyl (C=O) groups is 1. The van der Waals surface area contributed by atoms with Gasteiger partial charge in [0, 0.05) is 15.7 Å². The average Bonchev–Trinajstić information content (AvgIpc) is 2.41. The zero-order chi connectivity index (χ0) is 15.4. The summed E-state index contributed by atoms with van der Waals surface area (Å²) in [5.74, 6) is 0.181. The van der Waals surface area contributed by atoms with Gasteiger partial charge in [0.05, 0.1) is 17.6 Å². The van der Waals surface area contributed by atoms with Crippen molar-refractivity contribution in [1.29, 1.82) is 0 Å². The van der Waals surface area contributed by atoms with Crippen LogP contribution >= 0.6 is 27.5 Å². The molecule has 0 aliphatic heterocycles. The standard InChI is InChI=1S/C14H13BrClN3O2/c1-8(21-11-4-9(15)6-18-7-11)14(20)19-13-3-2-10(16)5-12(13)17/h2-8H,17H2,1H3,(H,19,20). The van der Waals surface area contributed by atoms with Gasteiger partial charge in [-0.2, -0.15) is 0 Å². The number of ether oxygens (including phenoxy) is 1. The van der Waals surface area contributed by atoms with Crippen LogP contribution in [0.4, 0.5) is 11.4 Å². The molecule has 1 aromatic carbocycles. The lowest BCUT2D eigenvalue weighted by Gasteiger charge is -2.15. The number of benzene rings is 1. The summed E-state index contributed by atoms with van der Waals surface area (Å²) in [4.78, 5) is 16.0. The number of amides is 1. The zero-order valence-electron chi connectivity index (χ0n) is 11.1. The Bertz CT molecular complexity index is 666. The summed E-state index contributed by atoms with van der Waals surface area (Å²) in [5, 5.41) is 3.20. The van der Waals surface area contributed by atoms with E-state index in [1.165, 1.54) is 6.20 Å². The van der Waals surface area contributed by atoms with E-state index < -0.39 is 6.10 Å². The maximum atomic E-state index is 12.1. The molecule has 0 fully saturated rings. The summed E-state index contributed by atoms with van der Waals surface area (Å²) in [5.41, 5.74) is 6.67. The Labute approximate surface area is 135 Å². The van der Waals surface area contributed by atoms with E-state index in [4.69, 9.17) is 22.1 Å². The Morgan fingerprint density at radius 2 is 2.19 bits per heavy atom. The van der Waals surface area contributed by atoms with Gasteiger partial charge in [-0.15, -0.1) is 0 Å². The van der Waals surface area contributed by atoms with Crippen LogP contribution in [0.2, 0.25) is 5.02 Å². The topological polar surface area (TPSA) is 77.2 Å². The maximum Gasteiger partial charge on any atom is 0.265 e. The van der Waals surface area contributed by atoms with Crippen molar-refractivity contribution < 1.29 is 9.53 Å². The lowest BCUT2D eigenvalue weighted by atomic mass is 10.2. The van der Waals surface area contributed by atoms with Crippen molar-refractivity contribution in [3.63, 3.8) is 0 Å². The van der Waals surface area contributed by atoms with Crippen molar-refractivity contribution in [2.24, 2.45) is 0 Å². The minimum atomic E-state index is -0.698. The molecule has 0 aliphatic rings. The molecule has 0 spiro atoms. The molecule has 1 atom stereocenters. The quantitative estimate of drug-likeness (QED) is 0.808. The van der Waals surface area contributed by atoms with E-state index in [-0.39, 0.29) is 5.91 Å². The van der Waals surface area contributed by atoms with Crippen LogP contribution in [0.15, 0.2) is 41.1 Å². The molecule has 2 aromatic rings. The SMILES string of the molecule is CC(Oc1cncc(Br)c1)C(=O)Nc1ccc(Cl)cc1N. The number of nitrogens with one attached hydrogen (secondary N) is 1. The lowest BCUT2D eigenvalue weighted by molar-refractivity contribution is -0.122. The van der Waals surface area contributed by atoms with Gasteiger partial charge < -0.3 is 15.8 Å². The fraction of sp³-hybridized carbons (Fsp3) is 0.143. The molecule has 2 rings (SSSR count). The smallest absolute Gasteiger partial charge is 0.265 e. The summed E-state index contributed by atoms with van der Waals surface area (Å²) in [6.07, 6.45) is 2.47. The fourth-order valence-electron chi connectivity index (χ4n) is 1.60. The fourth-order valence-corrected chi connectivity index (χ4v) is 2.12. The van der Waals surface area contributed by atoms with E-state index in [2.05, 4.69) is 26.2 Å². The molecule has 1 amide bonds. The Kier molecular flexibility index (Phi) is 5.03. The van der Waals surface area contributed by atoms with E-state index in [1.807, 2.05) is 0 Å². The Balaban J connectivity index is 2.02. The largest absolute Gasteiger partial charge is 0.479 e. The van der Waals surface area contributed by atoms with Crippen LogP contribution in [0.5, 0.6) is 5.75 Å². The Hall–Kier alpha value is -1.79. The highest BCUT2D eigenvalue weighted by molar-refractivity contribution is 9.10. The number of nitrogens with two attached hydrogens (primary N) is 1. The van der Waals surface area contributed by atoms with Crippen LogP contribution < -0.4 is 15.8 Å². The molecule has 3 N–H and O–H groups in total. The van der Waals surface area contributed by atoms with Crippen molar-refractivity contribution >= 4 is 44.8 Å². The van der Waals surface area contributed by atoms with Gasteiger partial charge in [0.2, 0.25) is 0 Å². The number of anilines is 2. The first kappa shape index (κ1) is 15.6. The molecule has 0 bridgehead atoms. The third kappa shape index (κ3) is 4.34. The molecule has 1 aromatic heterocycles. The predicted octanol–water partition coefficient (Wildman–Crippen LogP) is 3.49. The van der Waals surface area contributed by atoms with E-state index in [0.29, 0.717) is 22.1 Å². The molecule has 110 valence electrons. The number of hydrogen-bond acceptors (Lipinski definition) is 4.